The van der Waals surface area contributed by atoms with Crippen molar-refractivity contribution in [1.29, 1.82) is 0 Å². The SMILES string of the molecule is Cc1nn(Cc2ccc(F)cc2Cl)c(C)c1NC(=O)c1ccc(COc2ccc([N+](=O)[O-])cc2Cl)cc1. The molecule has 0 spiro atoms. The standard InChI is InChI=1S/C26H21Cl2FN4O4/c1-15-25(16(2)32(31-15)13-19-7-8-20(29)11-22(19)27)30-26(34)18-5-3-17(4-6-18)14-37-24-10-9-21(33(35)36)12-23(24)28/h3-12H,13-14H2,1-2H3,(H,30,34). The molecule has 11 heteroatoms. The summed E-state index contributed by atoms with van der Waals surface area (Å²) in [5.41, 5.74) is 3.75. The Morgan fingerprint density at radius 3 is 2.46 bits per heavy atom. The van der Waals surface area contributed by atoms with E-state index in [1.807, 2.05) is 6.92 Å². The van der Waals surface area contributed by atoms with Gasteiger partial charge in [0.1, 0.15) is 18.2 Å². The van der Waals surface area contributed by atoms with Crippen molar-refractivity contribution in [3.63, 3.8) is 0 Å². The van der Waals surface area contributed by atoms with E-state index in [0.717, 1.165) is 11.3 Å². The van der Waals surface area contributed by atoms with Crippen LogP contribution in [0.4, 0.5) is 15.8 Å². The summed E-state index contributed by atoms with van der Waals surface area (Å²) in [4.78, 5) is 23.2. The smallest absolute Gasteiger partial charge is 0.271 e. The highest BCUT2D eigenvalue weighted by Gasteiger charge is 2.17. The summed E-state index contributed by atoms with van der Waals surface area (Å²) >= 11 is 12.2. The molecular weight excluding hydrogens is 522 g/mol. The van der Waals surface area contributed by atoms with Crippen molar-refractivity contribution in [1.82, 2.24) is 9.78 Å². The molecule has 3 aromatic carbocycles. The number of nitro benzene ring substituents is 1. The van der Waals surface area contributed by atoms with Gasteiger partial charge in [-0.2, -0.15) is 5.10 Å². The lowest BCUT2D eigenvalue weighted by molar-refractivity contribution is -0.384. The number of amides is 1. The maximum Gasteiger partial charge on any atom is 0.271 e. The number of aryl methyl sites for hydroxylation is 1. The van der Waals surface area contributed by atoms with Gasteiger partial charge in [0.25, 0.3) is 11.6 Å². The molecule has 1 aromatic heterocycles. The van der Waals surface area contributed by atoms with Crippen LogP contribution < -0.4 is 10.1 Å². The van der Waals surface area contributed by atoms with E-state index >= 15 is 0 Å². The van der Waals surface area contributed by atoms with E-state index in [9.17, 15) is 19.3 Å². The van der Waals surface area contributed by atoms with Gasteiger partial charge in [-0.3, -0.25) is 19.6 Å². The fourth-order valence-electron chi connectivity index (χ4n) is 3.66. The number of ether oxygens (including phenoxy) is 1. The van der Waals surface area contributed by atoms with Gasteiger partial charge in [0.05, 0.1) is 33.6 Å². The van der Waals surface area contributed by atoms with Crippen LogP contribution in [0.15, 0.2) is 60.7 Å². The fraction of sp³-hybridized carbons (Fsp3) is 0.154. The number of benzene rings is 3. The summed E-state index contributed by atoms with van der Waals surface area (Å²) in [6, 6.07) is 15.0. The topological polar surface area (TPSA) is 99.3 Å². The van der Waals surface area contributed by atoms with Crippen molar-refractivity contribution in [2.75, 3.05) is 5.32 Å². The number of halogens is 3. The first-order chi connectivity index (χ1) is 17.6. The molecular formula is C26H21Cl2FN4O4. The molecule has 37 heavy (non-hydrogen) atoms. The van der Waals surface area contributed by atoms with E-state index in [2.05, 4.69) is 10.4 Å². The van der Waals surface area contributed by atoms with Gasteiger partial charge < -0.3 is 10.1 Å². The molecule has 0 unspecified atom stereocenters. The predicted molar refractivity (Wildman–Crippen MR) is 139 cm³/mol. The second-order valence-corrected chi connectivity index (χ2v) is 9.07. The van der Waals surface area contributed by atoms with Crippen LogP contribution in [-0.2, 0) is 13.2 Å². The van der Waals surface area contributed by atoms with Crippen LogP contribution in [0.1, 0.15) is 32.9 Å². The van der Waals surface area contributed by atoms with Gasteiger partial charge in [-0.1, -0.05) is 41.4 Å². The van der Waals surface area contributed by atoms with E-state index in [-0.39, 0.29) is 23.2 Å². The lowest BCUT2D eigenvalue weighted by atomic mass is 10.1. The molecule has 1 heterocycles. The summed E-state index contributed by atoms with van der Waals surface area (Å²) in [7, 11) is 0. The van der Waals surface area contributed by atoms with Crippen molar-refractivity contribution >= 4 is 40.5 Å². The third-order valence-electron chi connectivity index (χ3n) is 5.69. The molecule has 0 atom stereocenters. The minimum atomic E-state index is -0.533. The third-order valence-corrected chi connectivity index (χ3v) is 6.34. The molecule has 0 aliphatic heterocycles. The van der Waals surface area contributed by atoms with Crippen molar-refractivity contribution in [2.45, 2.75) is 27.0 Å². The van der Waals surface area contributed by atoms with E-state index in [1.165, 1.54) is 30.3 Å². The summed E-state index contributed by atoms with van der Waals surface area (Å²) in [6.45, 7) is 4.11. The number of aromatic nitrogens is 2. The van der Waals surface area contributed by atoms with Crippen LogP contribution in [0.3, 0.4) is 0 Å². The van der Waals surface area contributed by atoms with Gasteiger partial charge in [0.2, 0.25) is 0 Å². The molecule has 0 saturated heterocycles. The highest BCUT2D eigenvalue weighted by molar-refractivity contribution is 6.32. The Labute approximate surface area is 221 Å². The molecule has 8 nitrogen and oxygen atoms in total. The number of carbonyl (C=O) groups excluding carboxylic acids is 1. The molecule has 190 valence electrons. The zero-order valence-corrected chi connectivity index (χ0v) is 21.3. The lowest BCUT2D eigenvalue weighted by Gasteiger charge is -2.10. The van der Waals surface area contributed by atoms with E-state index in [1.54, 1.807) is 41.9 Å². The monoisotopic (exact) mass is 542 g/mol. The Hall–Kier alpha value is -3.95. The molecule has 4 rings (SSSR count). The molecule has 0 saturated carbocycles. The molecule has 0 aliphatic carbocycles. The molecule has 1 amide bonds. The molecule has 0 fully saturated rings. The van der Waals surface area contributed by atoms with Crippen LogP contribution >= 0.6 is 23.2 Å². The highest BCUT2D eigenvalue weighted by Crippen LogP contribution is 2.29. The number of rotatable bonds is 8. The number of carbonyl (C=O) groups is 1. The molecule has 0 radical (unpaired) electrons. The summed E-state index contributed by atoms with van der Waals surface area (Å²) < 4.78 is 20.7. The second-order valence-electron chi connectivity index (χ2n) is 8.25. The Morgan fingerprint density at radius 2 is 1.81 bits per heavy atom. The second kappa shape index (κ2) is 11.0. The Morgan fingerprint density at radius 1 is 1.08 bits per heavy atom. The maximum absolute atomic E-state index is 13.4. The van der Waals surface area contributed by atoms with Gasteiger partial charge in [-0.05, 0) is 55.3 Å². The Kier molecular flexibility index (Phi) is 7.75. The fourth-order valence-corrected chi connectivity index (χ4v) is 4.12. The first-order valence-electron chi connectivity index (χ1n) is 11.1. The maximum atomic E-state index is 13.4. The summed E-state index contributed by atoms with van der Waals surface area (Å²) in [5, 5.41) is 18.7. The highest BCUT2D eigenvalue weighted by atomic mass is 35.5. The van der Waals surface area contributed by atoms with E-state index in [4.69, 9.17) is 27.9 Å². The average molecular weight is 543 g/mol. The number of hydrogen-bond acceptors (Lipinski definition) is 5. The van der Waals surface area contributed by atoms with Crippen LogP contribution in [-0.4, -0.2) is 20.6 Å². The van der Waals surface area contributed by atoms with Crippen LogP contribution in [0, 0.1) is 29.8 Å². The number of nitrogens with zero attached hydrogens (tertiary/aromatic N) is 3. The van der Waals surface area contributed by atoms with Gasteiger partial charge in [0.15, 0.2) is 0 Å². The minimum absolute atomic E-state index is 0.122. The van der Waals surface area contributed by atoms with Crippen LogP contribution in [0.5, 0.6) is 5.75 Å². The van der Waals surface area contributed by atoms with Gasteiger partial charge >= 0.3 is 0 Å². The average Bonchev–Trinajstić information content (AvgIpc) is 3.12. The lowest BCUT2D eigenvalue weighted by Crippen LogP contribution is -2.13. The Balaban J connectivity index is 1.40. The minimum Gasteiger partial charge on any atom is -0.487 e. The van der Waals surface area contributed by atoms with Gasteiger partial charge in [0, 0.05) is 22.7 Å². The number of nitro groups is 1. The summed E-state index contributed by atoms with van der Waals surface area (Å²) in [6.07, 6.45) is 0. The number of non-ortho nitro benzene ring substituents is 1. The van der Waals surface area contributed by atoms with Crippen molar-refractivity contribution in [3.8, 4) is 5.75 Å². The molecule has 0 aliphatic rings. The molecule has 1 N–H and O–H groups in total. The summed E-state index contributed by atoms with van der Waals surface area (Å²) in [5.74, 6) is -0.404. The van der Waals surface area contributed by atoms with Gasteiger partial charge in [-0.15, -0.1) is 0 Å². The first-order valence-corrected chi connectivity index (χ1v) is 11.8. The zero-order valence-electron chi connectivity index (χ0n) is 19.8. The predicted octanol–water partition coefficient (Wildman–Crippen LogP) is 6.73. The number of hydrogen-bond donors (Lipinski definition) is 1. The van der Waals surface area contributed by atoms with E-state index in [0.29, 0.717) is 39.8 Å². The molecule has 0 bridgehead atoms. The van der Waals surface area contributed by atoms with Crippen molar-refractivity contribution < 1.29 is 18.8 Å². The zero-order chi connectivity index (χ0) is 26.7. The van der Waals surface area contributed by atoms with Crippen molar-refractivity contribution in [2.24, 2.45) is 0 Å². The quantitative estimate of drug-likeness (QED) is 0.196. The van der Waals surface area contributed by atoms with E-state index < -0.39 is 10.7 Å². The number of nitrogens with one attached hydrogen (secondary N) is 1. The third kappa shape index (κ3) is 6.07. The van der Waals surface area contributed by atoms with Gasteiger partial charge in [-0.25, -0.2) is 4.39 Å². The Bertz CT molecular complexity index is 1490. The largest absolute Gasteiger partial charge is 0.487 e. The van der Waals surface area contributed by atoms with Crippen LogP contribution in [0.2, 0.25) is 10.0 Å². The first kappa shape index (κ1) is 26.1. The normalized spacial score (nSPS) is 10.8. The molecule has 4 aromatic rings. The van der Waals surface area contributed by atoms with Crippen LogP contribution in [0.25, 0.3) is 0 Å². The van der Waals surface area contributed by atoms with Crippen molar-refractivity contribution in [3.05, 3.63) is 115 Å². The number of anilines is 1.